The van der Waals surface area contributed by atoms with Crippen molar-refractivity contribution in [3.8, 4) is 6.07 Å². The van der Waals surface area contributed by atoms with Crippen molar-refractivity contribution in [3.05, 3.63) is 0 Å². The van der Waals surface area contributed by atoms with E-state index in [-0.39, 0.29) is 5.60 Å². The quantitative estimate of drug-likeness (QED) is 0.596. The molecule has 0 bridgehead atoms. The van der Waals surface area contributed by atoms with Crippen LogP contribution in [-0.4, -0.2) is 9.98 Å². The first-order valence-electron chi connectivity index (χ1n) is 4.97. The molecule has 1 aliphatic rings. The molecule has 0 saturated heterocycles. The minimum atomic E-state index is -0.188. The second-order valence-corrected chi connectivity index (χ2v) is 4.85. The lowest BCUT2D eigenvalue weighted by atomic mass is 9.81. The molecule has 1 aliphatic carbocycles. The fourth-order valence-electron chi connectivity index (χ4n) is 2.07. The fourth-order valence-corrected chi connectivity index (χ4v) is 2.44. The summed E-state index contributed by atoms with van der Waals surface area (Å²) in [4.78, 5) is 0. The van der Waals surface area contributed by atoms with Crippen molar-refractivity contribution in [2.45, 2.75) is 50.5 Å². The summed E-state index contributed by atoms with van der Waals surface area (Å²) in [5.41, 5.74) is -0.188. The fraction of sp³-hybridized carbons (Fsp3) is 0.800. The van der Waals surface area contributed by atoms with Crippen molar-refractivity contribution < 1.29 is 4.74 Å². The van der Waals surface area contributed by atoms with E-state index in [0.717, 1.165) is 19.3 Å². The third kappa shape index (κ3) is 3.47. The van der Waals surface area contributed by atoms with Gasteiger partial charge in [-0.1, -0.05) is 19.0 Å². The van der Waals surface area contributed by atoms with Gasteiger partial charge < -0.3 is 4.74 Å². The van der Waals surface area contributed by atoms with E-state index in [1.165, 1.54) is 19.3 Å². The molecule has 0 radical (unpaired) electrons. The van der Waals surface area contributed by atoms with Crippen molar-refractivity contribution in [3.63, 3.8) is 0 Å². The molecular formula is C10H15NOS2. The van der Waals surface area contributed by atoms with Gasteiger partial charge in [-0.05, 0) is 37.9 Å². The maximum Gasteiger partial charge on any atom is 0.217 e. The van der Waals surface area contributed by atoms with Crippen LogP contribution in [0.15, 0.2) is 0 Å². The molecule has 0 spiro atoms. The second kappa shape index (κ2) is 5.57. The van der Waals surface area contributed by atoms with Crippen molar-refractivity contribution in [1.82, 2.24) is 0 Å². The van der Waals surface area contributed by atoms with Crippen molar-refractivity contribution in [2.24, 2.45) is 0 Å². The van der Waals surface area contributed by atoms with Gasteiger partial charge in [-0.2, -0.15) is 5.26 Å². The Balaban J connectivity index is 2.57. The van der Waals surface area contributed by atoms with Gasteiger partial charge in [0.1, 0.15) is 5.60 Å². The standard InChI is InChI=1S/C10H15NOS2/c11-8-4-7-10(12-9(13)14)5-2-1-3-6-10/h1-7H2,(H,13,14). The number of rotatable bonds is 3. The molecule has 0 aromatic heterocycles. The van der Waals surface area contributed by atoms with E-state index in [2.05, 4.69) is 18.7 Å². The van der Waals surface area contributed by atoms with Gasteiger partial charge >= 0.3 is 0 Å². The van der Waals surface area contributed by atoms with E-state index in [4.69, 9.17) is 22.2 Å². The van der Waals surface area contributed by atoms with Crippen LogP contribution in [0.25, 0.3) is 0 Å². The predicted molar refractivity (Wildman–Crippen MR) is 63.3 cm³/mol. The smallest absolute Gasteiger partial charge is 0.217 e. The summed E-state index contributed by atoms with van der Waals surface area (Å²) in [5, 5.41) is 8.59. The maximum atomic E-state index is 8.59. The molecule has 1 fully saturated rings. The van der Waals surface area contributed by atoms with E-state index in [1.54, 1.807) is 0 Å². The second-order valence-electron chi connectivity index (χ2n) is 3.77. The highest BCUT2D eigenvalue weighted by Crippen LogP contribution is 2.35. The van der Waals surface area contributed by atoms with Gasteiger partial charge in [-0.15, -0.1) is 0 Å². The molecule has 2 nitrogen and oxygen atoms in total. The average molecular weight is 229 g/mol. The van der Waals surface area contributed by atoms with Gasteiger partial charge in [0.05, 0.1) is 6.07 Å². The Labute approximate surface area is 96.0 Å². The summed E-state index contributed by atoms with van der Waals surface area (Å²) in [6, 6.07) is 2.16. The zero-order chi connectivity index (χ0) is 10.4. The van der Waals surface area contributed by atoms with Crippen LogP contribution in [-0.2, 0) is 4.74 Å². The van der Waals surface area contributed by atoms with Crippen LogP contribution in [0.1, 0.15) is 44.9 Å². The summed E-state index contributed by atoms with van der Waals surface area (Å²) >= 11 is 8.87. The molecule has 0 aromatic carbocycles. The Morgan fingerprint density at radius 2 is 2.07 bits per heavy atom. The lowest BCUT2D eigenvalue weighted by molar-refractivity contribution is 0.0187. The molecule has 0 unspecified atom stereocenters. The highest BCUT2D eigenvalue weighted by molar-refractivity contribution is 8.10. The molecule has 0 heterocycles. The van der Waals surface area contributed by atoms with Gasteiger partial charge in [-0.3, -0.25) is 0 Å². The summed E-state index contributed by atoms with van der Waals surface area (Å²) in [6.07, 6.45) is 6.94. The summed E-state index contributed by atoms with van der Waals surface area (Å²) in [5.74, 6) is 0. The molecule has 0 aromatic rings. The molecule has 4 heteroatoms. The number of hydrogen-bond acceptors (Lipinski definition) is 3. The monoisotopic (exact) mass is 229 g/mol. The SMILES string of the molecule is N#CCCC1(OC(=S)S)CCCCC1. The van der Waals surface area contributed by atoms with E-state index < -0.39 is 0 Å². The van der Waals surface area contributed by atoms with Gasteiger partial charge in [0.15, 0.2) is 0 Å². The molecule has 0 N–H and O–H groups in total. The van der Waals surface area contributed by atoms with Crippen molar-refractivity contribution in [2.75, 3.05) is 0 Å². The number of hydrogen-bond donors (Lipinski definition) is 1. The molecule has 0 amide bonds. The molecule has 1 saturated carbocycles. The Hall–Kier alpha value is -0.270. The van der Waals surface area contributed by atoms with Gasteiger partial charge in [0, 0.05) is 12.8 Å². The largest absolute Gasteiger partial charge is 0.472 e. The third-order valence-corrected chi connectivity index (χ3v) is 2.94. The first kappa shape index (κ1) is 11.8. The molecule has 0 atom stereocenters. The van der Waals surface area contributed by atoms with Crippen LogP contribution in [0.3, 0.4) is 0 Å². The lowest BCUT2D eigenvalue weighted by Gasteiger charge is -2.36. The molecule has 14 heavy (non-hydrogen) atoms. The van der Waals surface area contributed by atoms with Crippen LogP contribution in [0.4, 0.5) is 0 Å². The molecular weight excluding hydrogens is 214 g/mol. The topological polar surface area (TPSA) is 33.0 Å². The summed E-state index contributed by atoms with van der Waals surface area (Å²) in [7, 11) is 0. The van der Waals surface area contributed by atoms with Crippen LogP contribution >= 0.6 is 24.8 Å². The minimum absolute atomic E-state index is 0.188. The number of ether oxygens (including phenoxy) is 1. The maximum absolute atomic E-state index is 8.59. The Kier molecular flexibility index (Phi) is 4.70. The lowest BCUT2D eigenvalue weighted by Crippen LogP contribution is -2.35. The van der Waals surface area contributed by atoms with E-state index in [1.807, 2.05) is 0 Å². The average Bonchev–Trinajstić information content (AvgIpc) is 2.15. The van der Waals surface area contributed by atoms with Crippen LogP contribution in [0.5, 0.6) is 0 Å². The van der Waals surface area contributed by atoms with Crippen molar-refractivity contribution in [1.29, 1.82) is 5.26 Å². The Bertz CT molecular complexity index is 241. The third-order valence-electron chi connectivity index (χ3n) is 2.76. The van der Waals surface area contributed by atoms with Crippen LogP contribution in [0, 0.1) is 11.3 Å². The van der Waals surface area contributed by atoms with E-state index in [9.17, 15) is 0 Å². The summed E-state index contributed by atoms with van der Waals surface area (Å²) in [6.45, 7) is 0. The Morgan fingerprint density at radius 3 is 2.57 bits per heavy atom. The van der Waals surface area contributed by atoms with E-state index >= 15 is 0 Å². The first-order valence-corrected chi connectivity index (χ1v) is 5.83. The molecule has 0 aliphatic heterocycles. The van der Waals surface area contributed by atoms with Gasteiger partial charge in [0.25, 0.3) is 0 Å². The first-order chi connectivity index (χ1) is 6.68. The van der Waals surface area contributed by atoms with Crippen molar-refractivity contribution >= 4 is 29.2 Å². The zero-order valence-electron chi connectivity index (χ0n) is 8.16. The minimum Gasteiger partial charge on any atom is -0.472 e. The zero-order valence-corrected chi connectivity index (χ0v) is 9.87. The molecule has 78 valence electrons. The number of nitriles is 1. The predicted octanol–water partition coefficient (Wildman–Crippen LogP) is 3.22. The molecule has 1 rings (SSSR count). The Morgan fingerprint density at radius 1 is 1.43 bits per heavy atom. The number of nitrogens with zero attached hydrogens (tertiary/aromatic N) is 1. The van der Waals surface area contributed by atoms with Gasteiger partial charge in [0.2, 0.25) is 4.38 Å². The summed E-state index contributed by atoms with van der Waals surface area (Å²) < 4.78 is 5.94. The number of thiocarbonyl (C=S) groups is 1. The number of thiol groups is 1. The highest BCUT2D eigenvalue weighted by Gasteiger charge is 2.33. The van der Waals surface area contributed by atoms with E-state index in [0.29, 0.717) is 10.8 Å². The highest BCUT2D eigenvalue weighted by atomic mass is 32.1. The van der Waals surface area contributed by atoms with Crippen LogP contribution < -0.4 is 0 Å². The normalized spacial score (nSPS) is 19.7. The van der Waals surface area contributed by atoms with Gasteiger partial charge in [-0.25, -0.2) is 0 Å². The van der Waals surface area contributed by atoms with Crippen LogP contribution in [0.2, 0.25) is 0 Å².